The predicted octanol–water partition coefficient (Wildman–Crippen LogP) is 3.97. The van der Waals surface area contributed by atoms with Gasteiger partial charge in [-0.25, -0.2) is 4.39 Å². The summed E-state index contributed by atoms with van der Waals surface area (Å²) >= 11 is 0. The Balaban J connectivity index is 1.53. The zero-order valence-electron chi connectivity index (χ0n) is 13.7. The van der Waals surface area contributed by atoms with Crippen LogP contribution in [0.25, 0.3) is 0 Å². The minimum absolute atomic E-state index is 0.105. The fraction of sp³-hybridized carbons (Fsp3) is 0.333. The first-order valence-corrected chi connectivity index (χ1v) is 8.60. The van der Waals surface area contributed by atoms with Gasteiger partial charge in [0, 0.05) is 12.6 Å². The van der Waals surface area contributed by atoms with Crippen molar-refractivity contribution in [1.29, 1.82) is 0 Å². The van der Waals surface area contributed by atoms with Gasteiger partial charge in [0.05, 0.1) is 19.3 Å². The lowest BCUT2D eigenvalue weighted by Gasteiger charge is -2.45. The predicted molar refractivity (Wildman–Crippen MR) is 93.2 cm³/mol. The molecule has 1 saturated heterocycles. The molecule has 0 N–H and O–H groups in total. The van der Waals surface area contributed by atoms with Crippen LogP contribution < -0.4 is 0 Å². The number of morpholine rings is 1. The molecule has 0 aliphatic carbocycles. The van der Waals surface area contributed by atoms with Crippen molar-refractivity contribution in [2.45, 2.75) is 31.5 Å². The second kappa shape index (κ2) is 6.88. The van der Waals surface area contributed by atoms with E-state index in [-0.39, 0.29) is 5.82 Å². The van der Waals surface area contributed by atoms with E-state index in [1.165, 1.54) is 11.1 Å². The van der Waals surface area contributed by atoms with Crippen LogP contribution in [0.15, 0.2) is 66.2 Å². The first-order chi connectivity index (χ1) is 11.8. The number of nitrogens with zero attached hydrogens (tertiary/aromatic N) is 1. The van der Waals surface area contributed by atoms with Crippen LogP contribution in [0.5, 0.6) is 0 Å². The summed E-state index contributed by atoms with van der Waals surface area (Å²) < 4.78 is 19.7. The van der Waals surface area contributed by atoms with Gasteiger partial charge in [0.25, 0.3) is 0 Å². The van der Waals surface area contributed by atoms with Gasteiger partial charge >= 0.3 is 0 Å². The van der Waals surface area contributed by atoms with E-state index in [1.807, 2.05) is 12.1 Å². The maximum atomic E-state index is 13.9. The summed E-state index contributed by atoms with van der Waals surface area (Å²) in [6.07, 6.45) is 3.96. The summed E-state index contributed by atoms with van der Waals surface area (Å²) in [6, 6.07) is 18.3. The number of benzene rings is 2. The fourth-order valence-electron chi connectivity index (χ4n) is 3.81. The molecule has 2 nitrogen and oxygen atoms in total. The highest BCUT2D eigenvalue weighted by atomic mass is 19.1. The number of hydrogen-bond donors (Lipinski definition) is 0. The Morgan fingerprint density at radius 1 is 1.00 bits per heavy atom. The van der Waals surface area contributed by atoms with Gasteiger partial charge in [-0.1, -0.05) is 60.2 Å². The maximum absolute atomic E-state index is 13.9. The molecule has 4 rings (SSSR count). The van der Waals surface area contributed by atoms with Gasteiger partial charge in [0.15, 0.2) is 0 Å². The summed E-state index contributed by atoms with van der Waals surface area (Å²) in [5.74, 6) is -0.105. The van der Waals surface area contributed by atoms with E-state index >= 15 is 0 Å². The molecule has 0 radical (unpaired) electrons. The van der Waals surface area contributed by atoms with Crippen LogP contribution in [-0.4, -0.2) is 30.2 Å². The summed E-state index contributed by atoms with van der Waals surface area (Å²) in [6.45, 7) is 2.44. The minimum Gasteiger partial charge on any atom is -0.378 e. The summed E-state index contributed by atoms with van der Waals surface area (Å²) in [4.78, 5) is 2.53. The van der Waals surface area contributed by atoms with E-state index in [0.717, 1.165) is 31.7 Å². The van der Waals surface area contributed by atoms with Crippen LogP contribution in [0.2, 0.25) is 0 Å². The number of ether oxygens (including phenoxy) is 1. The topological polar surface area (TPSA) is 12.5 Å². The number of halogens is 1. The molecule has 124 valence electrons. The number of fused-ring (bicyclic) bond motifs is 2. The Morgan fingerprint density at radius 3 is 2.58 bits per heavy atom. The molecule has 0 amide bonds. The second-order valence-electron chi connectivity index (χ2n) is 6.71. The highest BCUT2D eigenvalue weighted by Crippen LogP contribution is 2.30. The van der Waals surface area contributed by atoms with Crippen LogP contribution >= 0.6 is 0 Å². The van der Waals surface area contributed by atoms with Crippen LogP contribution in [-0.2, 0) is 17.7 Å². The van der Waals surface area contributed by atoms with Crippen molar-refractivity contribution < 1.29 is 9.13 Å². The Labute approximate surface area is 142 Å². The molecule has 2 aromatic rings. The normalized spacial score (nSPS) is 23.8. The molecular weight excluding hydrogens is 301 g/mol. The molecule has 2 aromatic carbocycles. The lowest BCUT2D eigenvalue weighted by molar-refractivity contribution is -0.0440. The second-order valence-corrected chi connectivity index (χ2v) is 6.71. The van der Waals surface area contributed by atoms with Gasteiger partial charge < -0.3 is 4.74 Å². The summed E-state index contributed by atoms with van der Waals surface area (Å²) in [7, 11) is 0. The third-order valence-corrected chi connectivity index (χ3v) is 5.00. The highest BCUT2D eigenvalue weighted by molar-refractivity contribution is 5.27. The first-order valence-electron chi connectivity index (χ1n) is 8.60. The Kier molecular flexibility index (Phi) is 4.46. The van der Waals surface area contributed by atoms with Crippen molar-refractivity contribution in [3.05, 3.63) is 83.2 Å². The number of rotatable bonds is 4. The molecule has 0 aromatic heterocycles. The molecular formula is C21H22FNO. The third kappa shape index (κ3) is 3.28. The molecule has 3 heteroatoms. The lowest BCUT2D eigenvalue weighted by Crippen LogP contribution is -2.53. The van der Waals surface area contributed by atoms with Gasteiger partial charge in [-0.15, -0.1) is 0 Å². The van der Waals surface area contributed by atoms with Crippen molar-refractivity contribution in [3.8, 4) is 0 Å². The summed E-state index contributed by atoms with van der Waals surface area (Å²) in [5.41, 5.74) is 3.46. The third-order valence-electron chi connectivity index (χ3n) is 5.00. The van der Waals surface area contributed by atoms with Crippen molar-refractivity contribution >= 4 is 0 Å². The molecule has 0 spiro atoms. The van der Waals surface area contributed by atoms with Crippen molar-refractivity contribution in [1.82, 2.24) is 4.90 Å². The van der Waals surface area contributed by atoms with Crippen LogP contribution in [0.4, 0.5) is 4.39 Å². The average Bonchev–Trinajstić information content (AvgIpc) is 2.58. The first kappa shape index (κ1) is 15.6. The number of hydrogen-bond acceptors (Lipinski definition) is 2. The van der Waals surface area contributed by atoms with E-state index in [0.29, 0.717) is 18.5 Å². The van der Waals surface area contributed by atoms with Crippen molar-refractivity contribution in [2.75, 3.05) is 13.2 Å². The Hall–Kier alpha value is -1.97. The van der Waals surface area contributed by atoms with Crippen molar-refractivity contribution in [2.24, 2.45) is 0 Å². The van der Waals surface area contributed by atoms with Crippen LogP contribution in [0.3, 0.4) is 0 Å². The van der Waals surface area contributed by atoms with E-state index < -0.39 is 0 Å². The van der Waals surface area contributed by atoms with E-state index in [4.69, 9.17) is 4.74 Å². The zero-order chi connectivity index (χ0) is 16.4. The van der Waals surface area contributed by atoms with Gasteiger partial charge in [-0.05, 0) is 30.0 Å². The van der Waals surface area contributed by atoms with Gasteiger partial charge in [-0.3, -0.25) is 4.90 Å². The van der Waals surface area contributed by atoms with Gasteiger partial charge in [0.1, 0.15) is 5.82 Å². The Morgan fingerprint density at radius 2 is 1.79 bits per heavy atom. The molecule has 2 bridgehead atoms. The fourth-order valence-corrected chi connectivity index (χ4v) is 3.81. The molecule has 2 heterocycles. The molecule has 24 heavy (non-hydrogen) atoms. The highest BCUT2D eigenvalue weighted by Gasteiger charge is 2.34. The summed E-state index contributed by atoms with van der Waals surface area (Å²) in [5, 5.41) is 0. The molecule has 2 unspecified atom stereocenters. The lowest BCUT2D eigenvalue weighted by atomic mass is 9.89. The van der Waals surface area contributed by atoms with Crippen LogP contribution in [0.1, 0.15) is 17.5 Å². The molecule has 2 aliphatic heterocycles. The quantitative estimate of drug-likeness (QED) is 0.790. The minimum atomic E-state index is -0.105. The Bertz CT molecular complexity index is 728. The molecule has 2 atom stereocenters. The van der Waals surface area contributed by atoms with E-state index in [1.54, 1.807) is 12.1 Å². The van der Waals surface area contributed by atoms with Crippen LogP contribution in [0, 0.1) is 5.82 Å². The molecule has 0 saturated carbocycles. The molecule has 1 fully saturated rings. The average molecular weight is 323 g/mol. The monoisotopic (exact) mass is 323 g/mol. The largest absolute Gasteiger partial charge is 0.378 e. The van der Waals surface area contributed by atoms with E-state index in [9.17, 15) is 4.39 Å². The van der Waals surface area contributed by atoms with Gasteiger partial charge in [0.2, 0.25) is 0 Å². The zero-order valence-corrected chi connectivity index (χ0v) is 13.7. The van der Waals surface area contributed by atoms with Crippen molar-refractivity contribution in [3.63, 3.8) is 0 Å². The van der Waals surface area contributed by atoms with E-state index in [2.05, 4.69) is 41.3 Å². The van der Waals surface area contributed by atoms with Gasteiger partial charge in [-0.2, -0.15) is 0 Å². The molecule has 2 aliphatic rings. The standard InChI is InChI=1S/C21H22FNO/c22-21-9-5-4-8-18(21)10-17-11-19-14-24-15-20(12-17)23(19)13-16-6-2-1-3-7-16/h1-9,11,19-20H,10,12-15H2. The maximum Gasteiger partial charge on any atom is 0.126 e. The smallest absolute Gasteiger partial charge is 0.126 e. The SMILES string of the molecule is Fc1ccccc1CC1=CC2COCC(C1)N2Cc1ccccc1.